The molecule has 0 saturated heterocycles. The predicted octanol–water partition coefficient (Wildman–Crippen LogP) is 3.67. The SMILES string of the molecule is O=C(CCCN1C(=O)c2cccc([N+](=O)[O-])c2C1=O)Nc1ccc(-c2ccccc2)cn1. The van der Waals surface area contributed by atoms with Gasteiger partial charge in [0.05, 0.1) is 10.5 Å². The maximum Gasteiger partial charge on any atom is 0.282 e. The number of hydrogen-bond acceptors (Lipinski definition) is 6. The molecule has 2 heterocycles. The minimum atomic E-state index is -0.712. The van der Waals surface area contributed by atoms with Crippen molar-refractivity contribution >= 4 is 29.2 Å². The predicted molar refractivity (Wildman–Crippen MR) is 116 cm³/mol. The monoisotopic (exact) mass is 430 g/mol. The molecule has 3 aromatic rings. The average Bonchev–Trinajstić information content (AvgIpc) is 3.05. The molecular formula is C23H18N4O5. The zero-order valence-corrected chi connectivity index (χ0v) is 16.9. The van der Waals surface area contributed by atoms with Crippen molar-refractivity contribution in [2.75, 3.05) is 11.9 Å². The van der Waals surface area contributed by atoms with Crippen LogP contribution in [-0.2, 0) is 4.79 Å². The molecule has 1 aliphatic heterocycles. The smallest absolute Gasteiger partial charge is 0.282 e. The van der Waals surface area contributed by atoms with E-state index in [0.29, 0.717) is 5.82 Å². The van der Waals surface area contributed by atoms with Crippen LogP contribution in [-0.4, -0.2) is 39.1 Å². The molecule has 1 aliphatic rings. The molecule has 9 nitrogen and oxygen atoms in total. The summed E-state index contributed by atoms with van der Waals surface area (Å²) in [5, 5.41) is 13.8. The highest BCUT2D eigenvalue weighted by molar-refractivity contribution is 6.23. The van der Waals surface area contributed by atoms with Gasteiger partial charge in [-0.3, -0.25) is 29.4 Å². The third kappa shape index (κ3) is 4.08. The van der Waals surface area contributed by atoms with Gasteiger partial charge >= 0.3 is 0 Å². The van der Waals surface area contributed by atoms with Crippen LogP contribution in [0.2, 0.25) is 0 Å². The van der Waals surface area contributed by atoms with Gasteiger partial charge in [-0.25, -0.2) is 4.98 Å². The van der Waals surface area contributed by atoms with E-state index in [1.165, 1.54) is 18.2 Å². The van der Waals surface area contributed by atoms with Crippen molar-refractivity contribution in [3.05, 3.63) is 88.1 Å². The fraction of sp³-hybridized carbons (Fsp3) is 0.130. The van der Waals surface area contributed by atoms with E-state index in [4.69, 9.17) is 0 Å². The number of anilines is 1. The number of aromatic nitrogens is 1. The molecule has 0 saturated carbocycles. The number of amides is 3. The van der Waals surface area contributed by atoms with E-state index in [-0.39, 0.29) is 36.4 Å². The molecule has 3 amide bonds. The van der Waals surface area contributed by atoms with Gasteiger partial charge in [0, 0.05) is 30.8 Å². The Morgan fingerprint density at radius 1 is 0.969 bits per heavy atom. The number of hydrogen-bond donors (Lipinski definition) is 1. The molecule has 0 aliphatic carbocycles. The first-order valence-corrected chi connectivity index (χ1v) is 9.90. The number of fused-ring (bicyclic) bond motifs is 1. The number of pyridine rings is 1. The highest BCUT2D eigenvalue weighted by Gasteiger charge is 2.40. The summed E-state index contributed by atoms with van der Waals surface area (Å²) in [4.78, 5) is 52.9. The first kappa shape index (κ1) is 20.9. The molecule has 32 heavy (non-hydrogen) atoms. The van der Waals surface area contributed by atoms with Crippen molar-refractivity contribution in [1.82, 2.24) is 9.88 Å². The molecule has 4 rings (SSSR count). The third-order valence-corrected chi connectivity index (χ3v) is 5.10. The summed E-state index contributed by atoms with van der Waals surface area (Å²) in [5.74, 6) is -1.22. The Bertz CT molecular complexity index is 1210. The number of rotatable bonds is 7. The summed E-state index contributed by atoms with van der Waals surface area (Å²) in [7, 11) is 0. The lowest BCUT2D eigenvalue weighted by atomic mass is 10.1. The second-order valence-electron chi connectivity index (χ2n) is 7.17. The second-order valence-corrected chi connectivity index (χ2v) is 7.17. The lowest BCUT2D eigenvalue weighted by Crippen LogP contribution is -2.31. The molecule has 0 spiro atoms. The van der Waals surface area contributed by atoms with E-state index in [9.17, 15) is 24.5 Å². The quantitative estimate of drug-likeness (QED) is 0.347. The number of imide groups is 1. The van der Waals surface area contributed by atoms with Crippen LogP contribution >= 0.6 is 0 Å². The summed E-state index contributed by atoms with van der Waals surface area (Å²) in [6, 6.07) is 17.2. The Morgan fingerprint density at radius 2 is 1.75 bits per heavy atom. The molecule has 0 bridgehead atoms. The number of carbonyl (C=O) groups excluding carboxylic acids is 3. The van der Waals surface area contributed by atoms with Crippen LogP contribution in [0.15, 0.2) is 66.9 Å². The maximum absolute atomic E-state index is 12.5. The van der Waals surface area contributed by atoms with E-state index in [1.807, 2.05) is 36.4 Å². The first-order chi connectivity index (χ1) is 15.5. The van der Waals surface area contributed by atoms with Crippen molar-refractivity contribution in [2.24, 2.45) is 0 Å². The van der Waals surface area contributed by atoms with Gasteiger partial charge in [-0.15, -0.1) is 0 Å². The molecule has 1 aromatic heterocycles. The minimum absolute atomic E-state index is 0.0105. The van der Waals surface area contributed by atoms with Gasteiger partial charge in [0.15, 0.2) is 0 Å². The van der Waals surface area contributed by atoms with Crippen molar-refractivity contribution in [2.45, 2.75) is 12.8 Å². The topological polar surface area (TPSA) is 123 Å². The van der Waals surface area contributed by atoms with Crippen molar-refractivity contribution in [3.63, 3.8) is 0 Å². The maximum atomic E-state index is 12.5. The average molecular weight is 430 g/mol. The van der Waals surface area contributed by atoms with Crippen molar-refractivity contribution in [1.29, 1.82) is 0 Å². The highest BCUT2D eigenvalue weighted by Crippen LogP contribution is 2.30. The lowest BCUT2D eigenvalue weighted by molar-refractivity contribution is -0.385. The number of carbonyl (C=O) groups is 3. The Balaban J connectivity index is 1.32. The Morgan fingerprint density at radius 3 is 2.44 bits per heavy atom. The number of benzene rings is 2. The fourth-order valence-corrected chi connectivity index (χ4v) is 3.54. The van der Waals surface area contributed by atoms with Crippen molar-refractivity contribution in [3.8, 4) is 11.1 Å². The molecule has 0 atom stereocenters. The van der Waals surface area contributed by atoms with Gasteiger partial charge in [-0.2, -0.15) is 0 Å². The molecule has 0 unspecified atom stereocenters. The molecular weight excluding hydrogens is 412 g/mol. The van der Waals surface area contributed by atoms with Gasteiger partial charge in [0.1, 0.15) is 11.4 Å². The molecule has 9 heteroatoms. The van der Waals surface area contributed by atoms with Gasteiger partial charge in [0.25, 0.3) is 17.5 Å². The van der Waals surface area contributed by atoms with E-state index in [2.05, 4.69) is 10.3 Å². The summed E-state index contributed by atoms with van der Waals surface area (Å²) >= 11 is 0. The van der Waals surface area contributed by atoms with E-state index >= 15 is 0 Å². The third-order valence-electron chi connectivity index (χ3n) is 5.10. The van der Waals surface area contributed by atoms with E-state index in [1.54, 1.807) is 12.3 Å². The Kier molecular flexibility index (Phi) is 5.71. The molecule has 1 N–H and O–H groups in total. The number of nitro benzene ring substituents is 1. The summed E-state index contributed by atoms with van der Waals surface area (Å²) in [5.41, 5.74) is 1.35. The lowest BCUT2D eigenvalue weighted by Gasteiger charge is -2.13. The van der Waals surface area contributed by atoms with Crippen LogP contribution in [0.5, 0.6) is 0 Å². The summed E-state index contributed by atoms with van der Waals surface area (Å²) in [6.07, 6.45) is 1.93. The van der Waals surface area contributed by atoms with Crippen molar-refractivity contribution < 1.29 is 19.3 Å². The van der Waals surface area contributed by atoms with Crippen LogP contribution in [0.4, 0.5) is 11.5 Å². The first-order valence-electron chi connectivity index (χ1n) is 9.90. The van der Waals surface area contributed by atoms with Crippen LogP contribution in [0.1, 0.15) is 33.6 Å². The summed E-state index contributed by atoms with van der Waals surface area (Å²) in [6.45, 7) is -0.0166. The number of nitro groups is 1. The van der Waals surface area contributed by atoms with Crippen LogP contribution in [0.3, 0.4) is 0 Å². The van der Waals surface area contributed by atoms with Gasteiger partial charge in [0.2, 0.25) is 5.91 Å². The van der Waals surface area contributed by atoms with Crippen LogP contribution in [0, 0.1) is 10.1 Å². The zero-order chi connectivity index (χ0) is 22.7. The van der Waals surface area contributed by atoms with Gasteiger partial charge in [-0.1, -0.05) is 36.4 Å². The number of nitrogens with one attached hydrogen (secondary N) is 1. The molecule has 0 fully saturated rings. The van der Waals surface area contributed by atoms with Gasteiger partial charge in [-0.05, 0) is 30.2 Å². The van der Waals surface area contributed by atoms with Crippen LogP contribution in [0.25, 0.3) is 11.1 Å². The molecule has 2 aromatic carbocycles. The van der Waals surface area contributed by atoms with E-state index < -0.39 is 22.4 Å². The normalized spacial score (nSPS) is 12.6. The summed E-state index contributed by atoms with van der Waals surface area (Å²) < 4.78 is 0. The Hall–Kier alpha value is -4.40. The Labute approximate surface area is 182 Å². The van der Waals surface area contributed by atoms with Crippen LogP contribution < -0.4 is 5.32 Å². The minimum Gasteiger partial charge on any atom is -0.311 e. The molecule has 0 radical (unpaired) electrons. The van der Waals surface area contributed by atoms with E-state index in [0.717, 1.165) is 16.0 Å². The zero-order valence-electron chi connectivity index (χ0n) is 16.9. The fourth-order valence-electron chi connectivity index (χ4n) is 3.54. The standard InChI is InChI=1S/C23H18N4O5/c28-20(25-19-12-11-16(14-24-19)15-6-2-1-3-7-15)10-5-13-26-22(29)17-8-4-9-18(27(31)32)21(17)23(26)30/h1-4,6-9,11-12,14H,5,10,13H2,(H,24,25,28). The molecule has 160 valence electrons. The number of nitrogens with zero attached hydrogens (tertiary/aromatic N) is 3. The highest BCUT2D eigenvalue weighted by atomic mass is 16.6. The van der Waals surface area contributed by atoms with Gasteiger partial charge < -0.3 is 5.32 Å². The second kappa shape index (κ2) is 8.76. The largest absolute Gasteiger partial charge is 0.311 e.